The molecule has 0 aliphatic carbocycles. The van der Waals surface area contributed by atoms with Crippen LogP contribution < -0.4 is 0 Å². The molecule has 25 heavy (non-hydrogen) atoms. The van der Waals surface area contributed by atoms with Gasteiger partial charge in [-0.1, -0.05) is 30.3 Å². The Morgan fingerprint density at radius 3 is 2.52 bits per heavy atom. The molecule has 2 aliphatic rings. The lowest BCUT2D eigenvalue weighted by Gasteiger charge is -2.45. The predicted octanol–water partition coefficient (Wildman–Crippen LogP) is 3.46. The molecule has 0 bridgehead atoms. The largest absolute Gasteiger partial charge is 0.378 e. The van der Waals surface area contributed by atoms with Crippen LogP contribution in [0.3, 0.4) is 0 Å². The molecule has 2 aliphatic heterocycles. The summed E-state index contributed by atoms with van der Waals surface area (Å²) in [5, 5.41) is 0. The fourth-order valence-corrected chi connectivity index (χ4v) is 3.89. The molecular formula is C20H30N2O3. The maximum atomic E-state index is 13.4. The minimum absolute atomic E-state index is 0.0374. The van der Waals surface area contributed by atoms with Crippen LogP contribution in [0.4, 0.5) is 4.79 Å². The number of carbonyl (C=O) groups is 1. The van der Waals surface area contributed by atoms with Gasteiger partial charge >= 0.3 is 6.03 Å². The number of nitrogens with zero attached hydrogens (tertiary/aromatic N) is 2. The Hall–Kier alpha value is -1.59. The molecule has 3 rings (SSSR count). The van der Waals surface area contributed by atoms with Gasteiger partial charge in [-0.2, -0.15) is 0 Å². The highest BCUT2D eigenvalue weighted by atomic mass is 16.5. The van der Waals surface area contributed by atoms with Crippen molar-refractivity contribution < 1.29 is 14.3 Å². The summed E-state index contributed by atoms with van der Waals surface area (Å²) in [5.74, 6) is 0. The Kier molecular flexibility index (Phi) is 5.64. The Bertz CT molecular complexity index is 570. The van der Waals surface area contributed by atoms with Crippen LogP contribution in [-0.4, -0.2) is 60.4 Å². The SMILES string of the molecule is C[C@H](c1ccccc1)N(C(=O)N1CCOCC1)[C@H]1CCOC(C)(C)C1. The number of hydrogen-bond donors (Lipinski definition) is 0. The van der Waals surface area contributed by atoms with Crippen molar-refractivity contribution in [3.05, 3.63) is 35.9 Å². The maximum Gasteiger partial charge on any atom is 0.320 e. The van der Waals surface area contributed by atoms with E-state index in [0.29, 0.717) is 32.9 Å². The van der Waals surface area contributed by atoms with Crippen molar-refractivity contribution in [2.75, 3.05) is 32.9 Å². The number of urea groups is 1. The van der Waals surface area contributed by atoms with Gasteiger partial charge in [0.15, 0.2) is 0 Å². The number of carbonyl (C=O) groups excluding carboxylic acids is 1. The number of hydrogen-bond acceptors (Lipinski definition) is 3. The van der Waals surface area contributed by atoms with E-state index in [-0.39, 0.29) is 23.7 Å². The lowest BCUT2D eigenvalue weighted by molar-refractivity contribution is -0.0836. The van der Waals surface area contributed by atoms with Gasteiger partial charge in [0.05, 0.1) is 24.9 Å². The molecule has 0 N–H and O–H groups in total. The summed E-state index contributed by atoms with van der Waals surface area (Å²) in [5.41, 5.74) is 0.983. The molecule has 1 aromatic carbocycles. The van der Waals surface area contributed by atoms with Crippen LogP contribution >= 0.6 is 0 Å². The van der Waals surface area contributed by atoms with Crippen molar-refractivity contribution in [1.29, 1.82) is 0 Å². The van der Waals surface area contributed by atoms with Gasteiger partial charge in [-0.25, -0.2) is 4.79 Å². The summed E-state index contributed by atoms with van der Waals surface area (Å²) >= 11 is 0. The fraction of sp³-hybridized carbons (Fsp3) is 0.650. The molecule has 2 amide bonds. The summed E-state index contributed by atoms with van der Waals surface area (Å²) in [6.45, 7) is 9.65. The van der Waals surface area contributed by atoms with Gasteiger partial charge in [0, 0.05) is 25.7 Å². The third kappa shape index (κ3) is 4.33. The molecule has 2 heterocycles. The van der Waals surface area contributed by atoms with Gasteiger partial charge in [0.1, 0.15) is 0 Å². The van der Waals surface area contributed by atoms with Crippen LogP contribution in [0, 0.1) is 0 Å². The van der Waals surface area contributed by atoms with Gasteiger partial charge in [-0.05, 0) is 39.2 Å². The highest BCUT2D eigenvalue weighted by Crippen LogP contribution is 2.33. The first kappa shape index (κ1) is 18.2. The van der Waals surface area contributed by atoms with Crippen LogP contribution in [0.1, 0.15) is 45.2 Å². The van der Waals surface area contributed by atoms with Crippen LogP contribution in [0.15, 0.2) is 30.3 Å². The molecule has 5 nitrogen and oxygen atoms in total. The van der Waals surface area contributed by atoms with Crippen molar-refractivity contribution in [2.45, 2.75) is 51.3 Å². The van der Waals surface area contributed by atoms with Gasteiger partial charge < -0.3 is 19.3 Å². The molecule has 0 spiro atoms. The Morgan fingerprint density at radius 1 is 1.20 bits per heavy atom. The highest BCUT2D eigenvalue weighted by molar-refractivity contribution is 5.75. The van der Waals surface area contributed by atoms with E-state index in [1.54, 1.807) is 0 Å². The second-order valence-electron chi connectivity index (χ2n) is 7.63. The highest BCUT2D eigenvalue weighted by Gasteiger charge is 2.38. The molecule has 0 saturated carbocycles. The zero-order valence-corrected chi connectivity index (χ0v) is 15.6. The van der Waals surface area contributed by atoms with Gasteiger partial charge in [-0.15, -0.1) is 0 Å². The van der Waals surface area contributed by atoms with Crippen molar-refractivity contribution in [2.24, 2.45) is 0 Å². The number of benzene rings is 1. The van der Waals surface area contributed by atoms with E-state index < -0.39 is 0 Å². The summed E-state index contributed by atoms with van der Waals surface area (Å²) in [7, 11) is 0. The van der Waals surface area contributed by atoms with E-state index in [2.05, 4.69) is 37.8 Å². The average molecular weight is 346 g/mol. The molecule has 2 atom stereocenters. The Balaban J connectivity index is 1.86. The standard InChI is InChI=1S/C20H30N2O3/c1-16(17-7-5-4-6-8-17)22(18-9-12-25-20(2,3)15-18)19(23)21-10-13-24-14-11-21/h4-8,16,18H,9-15H2,1-3H3/t16-,18+/m1/s1. The third-order valence-corrected chi connectivity index (χ3v) is 5.27. The van der Waals surface area contributed by atoms with Crippen molar-refractivity contribution in [3.8, 4) is 0 Å². The smallest absolute Gasteiger partial charge is 0.320 e. The first-order valence-electron chi connectivity index (χ1n) is 9.32. The van der Waals surface area contributed by atoms with Crippen molar-refractivity contribution in [3.63, 3.8) is 0 Å². The van der Waals surface area contributed by atoms with Gasteiger partial charge in [0.2, 0.25) is 0 Å². The first-order valence-corrected chi connectivity index (χ1v) is 9.32. The van der Waals surface area contributed by atoms with Crippen molar-refractivity contribution in [1.82, 2.24) is 9.80 Å². The molecule has 0 aromatic heterocycles. The van der Waals surface area contributed by atoms with E-state index in [1.165, 1.54) is 5.56 Å². The number of rotatable bonds is 3. The molecule has 2 fully saturated rings. The van der Waals surface area contributed by atoms with E-state index >= 15 is 0 Å². The maximum absolute atomic E-state index is 13.4. The average Bonchev–Trinajstić information content (AvgIpc) is 2.62. The zero-order valence-electron chi connectivity index (χ0n) is 15.6. The Morgan fingerprint density at radius 2 is 1.88 bits per heavy atom. The monoisotopic (exact) mass is 346 g/mol. The van der Waals surface area contributed by atoms with Crippen LogP contribution in [0.2, 0.25) is 0 Å². The molecule has 138 valence electrons. The van der Waals surface area contributed by atoms with Crippen molar-refractivity contribution >= 4 is 6.03 Å². The second kappa shape index (κ2) is 7.75. The van der Waals surface area contributed by atoms with E-state index in [9.17, 15) is 4.79 Å². The van der Waals surface area contributed by atoms with Crippen LogP contribution in [-0.2, 0) is 9.47 Å². The molecule has 0 radical (unpaired) electrons. The topological polar surface area (TPSA) is 42.0 Å². The lowest BCUT2D eigenvalue weighted by Crippen LogP contribution is -2.55. The minimum atomic E-state index is -0.192. The molecule has 2 saturated heterocycles. The lowest BCUT2D eigenvalue weighted by atomic mass is 9.91. The zero-order chi connectivity index (χ0) is 17.9. The van der Waals surface area contributed by atoms with E-state index in [1.807, 2.05) is 23.1 Å². The minimum Gasteiger partial charge on any atom is -0.378 e. The molecule has 0 unspecified atom stereocenters. The number of ether oxygens (including phenoxy) is 2. The molecule has 1 aromatic rings. The fourth-order valence-electron chi connectivity index (χ4n) is 3.89. The summed E-state index contributed by atoms with van der Waals surface area (Å²) in [6.07, 6.45) is 1.75. The van der Waals surface area contributed by atoms with Crippen LogP contribution in [0.25, 0.3) is 0 Å². The number of amides is 2. The third-order valence-electron chi connectivity index (χ3n) is 5.27. The molecule has 5 heteroatoms. The summed E-state index contributed by atoms with van der Waals surface area (Å²) < 4.78 is 11.3. The summed E-state index contributed by atoms with van der Waals surface area (Å²) in [6, 6.07) is 10.7. The van der Waals surface area contributed by atoms with Gasteiger partial charge in [-0.3, -0.25) is 0 Å². The van der Waals surface area contributed by atoms with Crippen LogP contribution in [0.5, 0.6) is 0 Å². The quantitative estimate of drug-likeness (QED) is 0.842. The second-order valence-corrected chi connectivity index (χ2v) is 7.63. The predicted molar refractivity (Wildman–Crippen MR) is 97.5 cm³/mol. The molecular weight excluding hydrogens is 316 g/mol. The Labute approximate surface area is 150 Å². The summed E-state index contributed by atoms with van der Waals surface area (Å²) in [4.78, 5) is 17.4. The normalized spacial score (nSPS) is 24.6. The first-order chi connectivity index (χ1) is 12.0. The number of morpholine rings is 1. The van der Waals surface area contributed by atoms with Gasteiger partial charge in [0.25, 0.3) is 0 Å². The van der Waals surface area contributed by atoms with E-state index in [4.69, 9.17) is 9.47 Å². The van der Waals surface area contributed by atoms with E-state index in [0.717, 1.165) is 12.8 Å².